The van der Waals surface area contributed by atoms with Crippen molar-refractivity contribution in [1.29, 1.82) is 0 Å². The Morgan fingerprint density at radius 1 is 1.14 bits per heavy atom. The van der Waals surface area contributed by atoms with Gasteiger partial charge in [0.25, 0.3) is 0 Å². The molecule has 0 amide bonds. The van der Waals surface area contributed by atoms with Crippen molar-refractivity contribution in [1.82, 2.24) is 0 Å². The number of thiol groups is 2. The molecule has 1 aliphatic rings. The second-order valence-corrected chi connectivity index (χ2v) is 2.38. The normalized spacial score (nSPS) is 19.1. The third-order valence-electron chi connectivity index (χ3n) is 0.885. The van der Waals surface area contributed by atoms with Gasteiger partial charge in [-0.2, -0.15) is 0 Å². The summed E-state index contributed by atoms with van der Waals surface area (Å²) in [6.45, 7) is 0. The van der Waals surface area contributed by atoms with E-state index in [1.807, 2.05) is 12.2 Å². The molecule has 0 nitrogen and oxygen atoms in total. The van der Waals surface area contributed by atoms with Gasteiger partial charge in [0.15, 0.2) is 0 Å². The van der Waals surface area contributed by atoms with Gasteiger partial charge in [0.2, 0.25) is 0 Å². The zero-order valence-electron chi connectivity index (χ0n) is 3.76. The molecule has 38 valence electrons. The first-order valence-corrected chi connectivity index (χ1v) is 2.99. The molecule has 0 N–H and O–H groups in total. The van der Waals surface area contributed by atoms with Crippen LogP contribution in [0.5, 0.6) is 0 Å². The van der Waals surface area contributed by atoms with Gasteiger partial charge in [0, 0.05) is 9.81 Å². The Bertz CT molecular complexity index is 117. The van der Waals surface area contributed by atoms with E-state index in [9.17, 15) is 0 Å². The fourth-order valence-electron chi connectivity index (χ4n) is 0.491. The van der Waals surface area contributed by atoms with Crippen molar-refractivity contribution in [2.75, 3.05) is 0 Å². The lowest BCUT2D eigenvalue weighted by molar-refractivity contribution is 1.45. The van der Waals surface area contributed by atoms with Crippen LogP contribution in [-0.4, -0.2) is 0 Å². The van der Waals surface area contributed by atoms with E-state index >= 15 is 0 Å². The van der Waals surface area contributed by atoms with Crippen molar-refractivity contribution < 1.29 is 0 Å². The minimum atomic E-state index is 0.998. The molecule has 0 heterocycles. The number of hydrogen-bond acceptors (Lipinski definition) is 2. The highest BCUT2D eigenvalue weighted by atomic mass is 32.1. The second-order valence-electron chi connectivity index (χ2n) is 1.41. The van der Waals surface area contributed by atoms with Crippen LogP contribution in [0.15, 0.2) is 22.0 Å². The summed E-state index contributed by atoms with van der Waals surface area (Å²) >= 11 is 8.21. The summed E-state index contributed by atoms with van der Waals surface area (Å²) in [6.07, 6.45) is 5.06. The average molecular weight is 130 g/mol. The van der Waals surface area contributed by atoms with Gasteiger partial charge in [-0.3, -0.25) is 0 Å². The van der Waals surface area contributed by atoms with Crippen molar-refractivity contribution in [2.45, 2.75) is 6.42 Å². The summed E-state index contributed by atoms with van der Waals surface area (Å²) in [5.74, 6) is 0. The van der Waals surface area contributed by atoms with Crippen LogP contribution >= 0.6 is 25.3 Å². The van der Waals surface area contributed by atoms with Crippen LogP contribution in [0.4, 0.5) is 0 Å². The standard InChI is InChI=1S/C5H6S2/c6-4-2-1-3-5(4)7/h2-3,6-7H,1H2. The second kappa shape index (κ2) is 1.97. The van der Waals surface area contributed by atoms with Gasteiger partial charge in [0.1, 0.15) is 0 Å². The summed E-state index contributed by atoms with van der Waals surface area (Å²) in [7, 11) is 0. The van der Waals surface area contributed by atoms with Crippen LogP contribution in [0, 0.1) is 0 Å². The Morgan fingerprint density at radius 2 is 1.57 bits per heavy atom. The monoisotopic (exact) mass is 130 g/mol. The van der Waals surface area contributed by atoms with Gasteiger partial charge in [0.05, 0.1) is 0 Å². The van der Waals surface area contributed by atoms with Crippen LogP contribution in [0.1, 0.15) is 6.42 Å². The first-order valence-electron chi connectivity index (χ1n) is 2.09. The third kappa shape index (κ3) is 1.04. The minimum absolute atomic E-state index is 0.998. The zero-order chi connectivity index (χ0) is 5.28. The number of rotatable bonds is 0. The molecule has 0 aromatic carbocycles. The highest BCUT2D eigenvalue weighted by molar-refractivity contribution is 7.90. The smallest absolute Gasteiger partial charge is 0.0134 e. The molecule has 0 atom stereocenters. The molecular weight excluding hydrogens is 124 g/mol. The van der Waals surface area contributed by atoms with E-state index in [1.165, 1.54) is 0 Å². The van der Waals surface area contributed by atoms with Crippen LogP contribution in [0.25, 0.3) is 0 Å². The highest BCUT2D eigenvalue weighted by Crippen LogP contribution is 2.24. The van der Waals surface area contributed by atoms with Crippen molar-refractivity contribution in [3.8, 4) is 0 Å². The molecule has 1 aliphatic carbocycles. The predicted octanol–water partition coefficient (Wildman–Crippen LogP) is 2.02. The maximum atomic E-state index is 4.10. The predicted molar refractivity (Wildman–Crippen MR) is 38.8 cm³/mol. The summed E-state index contributed by atoms with van der Waals surface area (Å²) in [5, 5.41) is 0. The SMILES string of the molecule is SC1=CCC=C1S. The summed E-state index contributed by atoms with van der Waals surface area (Å²) in [4.78, 5) is 2.01. The van der Waals surface area contributed by atoms with E-state index in [2.05, 4.69) is 25.3 Å². The van der Waals surface area contributed by atoms with Crippen molar-refractivity contribution in [3.63, 3.8) is 0 Å². The van der Waals surface area contributed by atoms with E-state index in [-0.39, 0.29) is 0 Å². The maximum Gasteiger partial charge on any atom is 0.0134 e. The number of hydrogen-bond donors (Lipinski definition) is 2. The van der Waals surface area contributed by atoms with Gasteiger partial charge in [-0.1, -0.05) is 12.2 Å². The molecule has 0 saturated carbocycles. The van der Waals surface area contributed by atoms with Crippen LogP contribution in [-0.2, 0) is 0 Å². The van der Waals surface area contributed by atoms with E-state index < -0.39 is 0 Å². The molecule has 2 heteroatoms. The number of allylic oxidation sites excluding steroid dienone is 2. The van der Waals surface area contributed by atoms with E-state index in [1.54, 1.807) is 0 Å². The van der Waals surface area contributed by atoms with Crippen molar-refractivity contribution in [3.05, 3.63) is 22.0 Å². The molecule has 7 heavy (non-hydrogen) atoms. The summed E-state index contributed by atoms with van der Waals surface area (Å²) in [6, 6.07) is 0. The van der Waals surface area contributed by atoms with Gasteiger partial charge < -0.3 is 0 Å². The molecule has 0 aromatic rings. The van der Waals surface area contributed by atoms with Gasteiger partial charge in [-0.15, -0.1) is 25.3 Å². The first-order chi connectivity index (χ1) is 3.30. The van der Waals surface area contributed by atoms with E-state index in [0.29, 0.717) is 0 Å². The zero-order valence-corrected chi connectivity index (χ0v) is 5.55. The van der Waals surface area contributed by atoms with Gasteiger partial charge in [-0.05, 0) is 6.42 Å². The molecule has 0 radical (unpaired) electrons. The van der Waals surface area contributed by atoms with Crippen LogP contribution < -0.4 is 0 Å². The van der Waals surface area contributed by atoms with Crippen LogP contribution in [0.2, 0.25) is 0 Å². The largest absolute Gasteiger partial charge is 0.143 e. The molecule has 0 fully saturated rings. The minimum Gasteiger partial charge on any atom is -0.143 e. The lowest BCUT2D eigenvalue weighted by atomic mass is 10.5. The van der Waals surface area contributed by atoms with E-state index in [4.69, 9.17) is 0 Å². The lowest BCUT2D eigenvalue weighted by Gasteiger charge is -1.85. The molecule has 0 spiro atoms. The Kier molecular flexibility index (Phi) is 1.50. The molecule has 0 aromatic heterocycles. The fourth-order valence-corrected chi connectivity index (χ4v) is 0.885. The average Bonchev–Trinajstić information content (AvgIpc) is 1.91. The molecular formula is C5H6S2. The maximum absolute atomic E-state index is 4.10. The van der Waals surface area contributed by atoms with Crippen molar-refractivity contribution >= 4 is 25.3 Å². The molecule has 0 aliphatic heterocycles. The summed E-state index contributed by atoms with van der Waals surface area (Å²) < 4.78 is 0. The van der Waals surface area contributed by atoms with E-state index in [0.717, 1.165) is 16.2 Å². The molecule has 0 saturated heterocycles. The lowest BCUT2D eigenvalue weighted by Crippen LogP contribution is -1.58. The molecule has 0 bridgehead atoms. The Balaban J connectivity index is 2.78. The Labute approximate surface area is 54.1 Å². The quantitative estimate of drug-likeness (QED) is 0.460. The topological polar surface area (TPSA) is 0 Å². The van der Waals surface area contributed by atoms with Crippen LogP contribution in [0.3, 0.4) is 0 Å². The fraction of sp³-hybridized carbons (Fsp3) is 0.200. The third-order valence-corrected chi connectivity index (χ3v) is 1.91. The van der Waals surface area contributed by atoms with Crippen molar-refractivity contribution in [2.24, 2.45) is 0 Å². The molecule has 1 rings (SSSR count). The Hall–Kier alpha value is 0.180. The highest BCUT2D eigenvalue weighted by Gasteiger charge is 1.97. The van der Waals surface area contributed by atoms with Gasteiger partial charge >= 0.3 is 0 Å². The van der Waals surface area contributed by atoms with Gasteiger partial charge in [-0.25, -0.2) is 0 Å². The Morgan fingerprint density at radius 3 is 1.71 bits per heavy atom. The first kappa shape index (κ1) is 5.32. The molecule has 0 unspecified atom stereocenters. The summed E-state index contributed by atoms with van der Waals surface area (Å²) in [5.41, 5.74) is 0.